The highest BCUT2D eigenvalue weighted by molar-refractivity contribution is 5.97. The number of non-ortho nitro benzene ring substituents is 1. The van der Waals surface area contributed by atoms with Gasteiger partial charge in [0.2, 0.25) is 11.8 Å². The summed E-state index contributed by atoms with van der Waals surface area (Å²) < 4.78 is 0. The second kappa shape index (κ2) is 7.78. The lowest BCUT2D eigenvalue weighted by Crippen LogP contribution is -2.63. The lowest BCUT2D eigenvalue weighted by Gasteiger charge is -2.47. The number of fused-ring (bicyclic) bond motifs is 4. The molecular formula is C24H24N4O4. The van der Waals surface area contributed by atoms with Gasteiger partial charge in [0.05, 0.1) is 17.5 Å². The summed E-state index contributed by atoms with van der Waals surface area (Å²) in [5.41, 5.74) is 3.59. The summed E-state index contributed by atoms with van der Waals surface area (Å²) in [4.78, 5) is 44.3. The van der Waals surface area contributed by atoms with Crippen LogP contribution in [0.4, 0.5) is 5.69 Å². The largest absolute Gasteiger partial charge is 0.356 e. The molecule has 0 radical (unpaired) electrons. The van der Waals surface area contributed by atoms with Crippen molar-refractivity contribution in [1.82, 2.24) is 14.8 Å². The SMILES string of the molecule is CCCCN1CC(=O)N2[C@@H](c3ccc([N+](=O)[O-])cc3)c3[nH]c4ccccc4c3C[C@@H]2C1=O. The number of carbonyl (C=O) groups is 2. The van der Waals surface area contributed by atoms with Crippen LogP contribution >= 0.6 is 0 Å². The first kappa shape index (κ1) is 20.2. The van der Waals surface area contributed by atoms with Gasteiger partial charge in [-0.05, 0) is 35.7 Å². The standard InChI is InChI=1S/C24H24N4O4/c1-2-3-12-26-14-21(29)27-20(24(26)30)13-18-17-6-4-5-7-19(17)25-22(18)23(27)15-8-10-16(11-9-15)28(31)32/h4-11,20,23,25H,2-3,12-14H2,1H3/t20-,23+/m1/s1. The smallest absolute Gasteiger partial charge is 0.269 e. The molecule has 164 valence electrons. The third-order valence-electron chi connectivity index (χ3n) is 6.54. The van der Waals surface area contributed by atoms with Crippen molar-refractivity contribution in [1.29, 1.82) is 0 Å². The first-order valence-electron chi connectivity index (χ1n) is 10.9. The minimum absolute atomic E-state index is 0.00947. The average Bonchev–Trinajstić information content (AvgIpc) is 3.17. The van der Waals surface area contributed by atoms with E-state index in [0.717, 1.165) is 40.6 Å². The van der Waals surface area contributed by atoms with E-state index in [1.165, 1.54) is 12.1 Å². The number of nitrogens with zero attached hydrogens (tertiary/aromatic N) is 3. The molecule has 0 saturated carbocycles. The van der Waals surface area contributed by atoms with Crippen molar-refractivity contribution in [2.75, 3.05) is 13.1 Å². The van der Waals surface area contributed by atoms with Gasteiger partial charge >= 0.3 is 0 Å². The Labute approximate surface area is 185 Å². The molecule has 0 bridgehead atoms. The van der Waals surface area contributed by atoms with Crippen LogP contribution in [0.3, 0.4) is 0 Å². The number of hydrogen-bond acceptors (Lipinski definition) is 4. The Balaban J connectivity index is 1.65. The highest BCUT2D eigenvalue weighted by atomic mass is 16.6. The first-order valence-corrected chi connectivity index (χ1v) is 10.9. The van der Waals surface area contributed by atoms with Gasteiger partial charge in [-0.1, -0.05) is 31.5 Å². The van der Waals surface area contributed by atoms with Crippen LogP contribution in [0, 0.1) is 10.1 Å². The van der Waals surface area contributed by atoms with Crippen LogP contribution in [-0.2, 0) is 16.0 Å². The molecule has 1 N–H and O–H groups in total. The predicted molar refractivity (Wildman–Crippen MR) is 119 cm³/mol. The Bertz CT molecular complexity index is 1220. The van der Waals surface area contributed by atoms with E-state index in [9.17, 15) is 19.7 Å². The Morgan fingerprint density at radius 2 is 1.88 bits per heavy atom. The van der Waals surface area contributed by atoms with E-state index in [-0.39, 0.29) is 24.0 Å². The molecule has 2 aliphatic heterocycles. The van der Waals surface area contributed by atoms with Gasteiger partial charge < -0.3 is 14.8 Å². The third kappa shape index (κ3) is 3.14. The minimum atomic E-state index is -0.583. The fraction of sp³-hybridized carbons (Fsp3) is 0.333. The number of hydrogen-bond donors (Lipinski definition) is 1. The van der Waals surface area contributed by atoms with Gasteiger partial charge in [-0.25, -0.2) is 0 Å². The first-order chi connectivity index (χ1) is 15.5. The van der Waals surface area contributed by atoms with Crippen molar-refractivity contribution < 1.29 is 14.5 Å². The van der Waals surface area contributed by atoms with Gasteiger partial charge in [-0.2, -0.15) is 0 Å². The lowest BCUT2D eigenvalue weighted by molar-refractivity contribution is -0.384. The Hall–Kier alpha value is -3.68. The summed E-state index contributed by atoms with van der Waals surface area (Å²) in [6.07, 6.45) is 2.26. The zero-order chi connectivity index (χ0) is 22.4. The maximum Gasteiger partial charge on any atom is 0.269 e. The van der Waals surface area contributed by atoms with Crippen molar-refractivity contribution in [2.24, 2.45) is 0 Å². The van der Waals surface area contributed by atoms with Crippen molar-refractivity contribution in [3.63, 3.8) is 0 Å². The van der Waals surface area contributed by atoms with Crippen LogP contribution in [0.25, 0.3) is 10.9 Å². The predicted octanol–water partition coefficient (Wildman–Crippen LogP) is 3.56. The van der Waals surface area contributed by atoms with Crippen molar-refractivity contribution in [2.45, 2.75) is 38.3 Å². The molecule has 2 aromatic carbocycles. The molecule has 8 nitrogen and oxygen atoms in total. The number of H-pyrrole nitrogens is 1. The van der Waals surface area contributed by atoms with Gasteiger partial charge in [0.1, 0.15) is 6.04 Å². The van der Waals surface area contributed by atoms with Gasteiger partial charge in [-0.3, -0.25) is 19.7 Å². The number of nitro groups is 1. The molecule has 0 aliphatic carbocycles. The molecule has 8 heteroatoms. The molecule has 3 heterocycles. The van der Waals surface area contributed by atoms with Crippen molar-refractivity contribution in [3.05, 3.63) is 75.5 Å². The fourth-order valence-electron chi connectivity index (χ4n) is 4.99. The van der Waals surface area contributed by atoms with E-state index in [2.05, 4.69) is 11.9 Å². The molecule has 0 spiro atoms. The minimum Gasteiger partial charge on any atom is -0.356 e. The number of para-hydroxylation sites is 1. The molecule has 3 aromatic rings. The molecule has 1 saturated heterocycles. The van der Waals surface area contributed by atoms with E-state index in [4.69, 9.17) is 0 Å². The molecule has 2 aliphatic rings. The molecular weight excluding hydrogens is 408 g/mol. The van der Waals surface area contributed by atoms with E-state index in [0.29, 0.717) is 13.0 Å². The second-order valence-electron chi connectivity index (χ2n) is 8.45. The number of benzene rings is 2. The Morgan fingerprint density at radius 1 is 1.12 bits per heavy atom. The fourth-order valence-corrected chi connectivity index (χ4v) is 4.99. The summed E-state index contributed by atoms with van der Waals surface area (Å²) in [7, 11) is 0. The molecule has 0 unspecified atom stereocenters. The zero-order valence-electron chi connectivity index (χ0n) is 17.8. The lowest BCUT2D eigenvalue weighted by atomic mass is 9.86. The van der Waals surface area contributed by atoms with Crippen molar-refractivity contribution >= 4 is 28.4 Å². The van der Waals surface area contributed by atoms with Gasteiger partial charge in [0, 0.05) is 41.7 Å². The maximum atomic E-state index is 13.4. The summed E-state index contributed by atoms with van der Waals surface area (Å²) in [6.45, 7) is 2.70. The molecule has 5 rings (SSSR count). The number of unbranched alkanes of at least 4 members (excludes halogenated alkanes) is 1. The number of nitrogens with one attached hydrogen (secondary N) is 1. The number of piperazine rings is 1. The topological polar surface area (TPSA) is 99.5 Å². The normalized spacial score (nSPS) is 20.4. The third-order valence-corrected chi connectivity index (χ3v) is 6.54. The van der Waals surface area contributed by atoms with Gasteiger partial charge in [0.25, 0.3) is 5.69 Å². The van der Waals surface area contributed by atoms with Crippen LogP contribution in [-0.4, -0.2) is 50.7 Å². The highest BCUT2D eigenvalue weighted by Gasteiger charge is 2.48. The summed E-state index contributed by atoms with van der Waals surface area (Å²) in [5.74, 6) is -0.126. The van der Waals surface area contributed by atoms with E-state index in [1.54, 1.807) is 21.9 Å². The van der Waals surface area contributed by atoms with Crippen LogP contribution in [0.15, 0.2) is 48.5 Å². The van der Waals surface area contributed by atoms with Crippen LogP contribution in [0.5, 0.6) is 0 Å². The van der Waals surface area contributed by atoms with Crippen LogP contribution in [0.2, 0.25) is 0 Å². The van der Waals surface area contributed by atoms with E-state index < -0.39 is 17.0 Å². The number of nitro benzene ring substituents is 1. The number of rotatable bonds is 5. The Kier molecular flexibility index (Phi) is 4.92. The monoisotopic (exact) mass is 432 g/mol. The summed E-state index contributed by atoms with van der Waals surface area (Å²) in [5, 5.41) is 12.2. The molecule has 32 heavy (non-hydrogen) atoms. The van der Waals surface area contributed by atoms with Crippen LogP contribution in [0.1, 0.15) is 42.6 Å². The average molecular weight is 432 g/mol. The molecule has 2 amide bonds. The number of amides is 2. The number of carbonyl (C=O) groups excluding carboxylic acids is 2. The molecule has 1 aromatic heterocycles. The maximum absolute atomic E-state index is 13.4. The summed E-state index contributed by atoms with van der Waals surface area (Å²) >= 11 is 0. The van der Waals surface area contributed by atoms with E-state index in [1.807, 2.05) is 24.3 Å². The molecule has 2 atom stereocenters. The Morgan fingerprint density at radius 3 is 2.59 bits per heavy atom. The second-order valence-corrected chi connectivity index (χ2v) is 8.45. The number of aromatic nitrogens is 1. The van der Waals surface area contributed by atoms with Gasteiger partial charge in [0.15, 0.2) is 0 Å². The summed E-state index contributed by atoms with van der Waals surface area (Å²) in [6, 6.07) is 13.1. The van der Waals surface area contributed by atoms with Crippen LogP contribution < -0.4 is 0 Å². The van der Waals surface area contributed by atoms with Gasteiger partial charge in [-0.15, -0.1) is 0 Å². The zero-order valence-corrected chi connectivity index (χ0v) is 17.8. The molecule has 1 fully saturated rings. The van der Waals surface area contributed by atoms with Crippen molar-refractivity contribution in [3.8, 4) is 0 Å². The number of aromatic amines is 1. The quantitative estimate of drug-likeness (QED) is 0.492. The van der Waals surface area contributed by atoms with E-state index >= 15 is 0 Å². The highest BCUT2D eigenvalue weighted by Crippen LogP contribution is 2.42.